The number of nitrogens with one attached hydrogen (secondary N) is 1. The van der Waals surface area contributed by atoms with Crippen LogP contribution in [0, 0.1) is 34.9 Å². The lowest BCUT2D eigenvalue weighted by atomic mass is 9.70. The van der Waals surface area contributed by atoms with Crippen LogP contribution in [0.3, 0.4) is 0 Å². The average Bonchev–Trinajstić information content (AvgIpc) is 3.15. The summed E-state index contributed by atoms with van der Waals surface area (Å²) < 4.78 is 19.8. The number of allylic oxidation sites excluding steroid dienone is 1. The molecule has 0 fully saturated rings. The molecule has 1 amide bonds. The van der Waals surface area contributed by atoms with Gasteiger partial charge in [0.25, 0.3) is 5.89 Å². The average molecular weight is 428 g/mol. The zero-order chi connectivity index (χ0) is 22.8. The lowest BCUT2D eigenvalue weighted by Gasteiger charge is -2.37. The van der Waals surface area contributed by atoms with Gasteiger partial charge >= 0.3 is 0 Å². The van der Waals surface area contributed by atoms with E-state index in [2.05, 4.69) is 42.4 Å². The van der Waals surface area contributed by atoms with Crippen LogP contribution in [0.4, 0.5) is 4.39 Å². The molecule has 1 heterocycles. The maximum atomic E-state index is 14.0. The minimum absolute atomic E-state index is 0.0784. The fourth-order valence-electron chi connectivity index (χ4n) is 4.27. The van der Waals surface area contributed by atoms with Crippen LogP contribution in [0.25, 0.3) is 11.5 Å². The molecule has 6 heteroatoms. The highest BCUT2D eigenvalue weighted by atomic mass is 19.1. The number of hydrogen-bond acceptors (Lipinski definition) is 4. The summed E-state index contributed by atoms with van der Waals surface area (Å²) in [4.78, 5) is 12.3. The molecule has 1 aliphatic carbocycles. The highest BCUT2D eigenvalue weighted by Crippen LogP contribution is 2.39. The first-order chi connectivity index (χ1) is 14.6. The summed E-state index contributed by atoms with van der Waals surface area (Å²) in [6.07, 6.45) is 3.93. The Morgan fingerprint density at radius 2 is 1.97 bits per heavy atom. The largest absolute Gasteiger partial charge is 0.421 e. The molecule has 168 valence electrons. The zero-order valence-electron chi connectivity index (χ0n) is 19.4. The van der Waals surface area contributed by atoms with Crippen LogP contribution in [-0.4, -0.2) is 22.6 Å². The topological polar surface area (TPSA) is 68.0 Å². The predicted molar refractivity (Wildman–Crippen MR) is 120 cm³/mol. The van der Waals surface area contributed by atoms with Gasteiger partial charge < -0.3 is 9.73 Å². The number of carbonyl (C=O) groups is 1. The summed E-state index contributed by atoms with van der Waals surface area (Å²) in [5.41, 5.74) is 1.21. The molecule has 0 radical (unpaired) electrons. The lowest BCUT2D eigenvalue weighted by molar-refractivity contribution is -0.128. The van der Waals surface area contributed by atoms with E-state index in [1.807, 2.05) is 20.8 Å². The van der Waals surface area contributed by atoms with E-state index >= 15 is 0 Å². The van der Waals surface area contributed by atoms with Crippen LogP contribution < -0.4 is 5.32 Å². The molecule has 1 aliphatic rings. The van der Waals surface area contributed by atoms with Crippen LogP contribution in [0.1, 0.15) is 53.9 Å². The third-order valence-electron chi connectivity index (χ3n) is 6.26. The second-order valence-corrected chi connectivity index (χ2v) is 10.1. The van der Waals surface area contributed by atoms with E-state index in [-0.39, 0.29) is 23.5 Å². The lowest BCUT2D eigenvalue weighted by Crippen LogP contribution is -2.41. The molecule has 0 saturated carbocycles. The van der Waals surface area contributed by atoms with Crippen LogP contribution in [0.5, 0.6) is 0 Å². The van der Waals surface area contributed by atoms with Crippen molar-refractivity contribution in [2.24, 2.45) is 29.1 Å². The highest BCUT2D eigenvalue weighted by Gasteiger charge is 2.33. The fraction of sp³-hybridized carbons (Fsp3) is 0.560. The normalized spacial score (nSPS) is 21.8. The smallest absolute Gasteiger partial charge is 0.250 e. The summed E-state index contributed by atoms with van der Waals surface area (Å²) in [5, 5.41) is 11.4. The Bertz CT molecular complexity index is 942. The number of halogens is 1. The van der Waals surface area contributed by atoms with E-state index in [0.29, 0.717) is 42.2 Å². The van der Waals surface area contributed by atoms with Crippen molar-refractivity contribution in [1.82, 2.24) is 15.5 Å². The Balaban J connectivity index is 1.72. The van der Waals surface area contributed by atoms with Gasteiger partial charge in [-0.15, -0.1) is 10.2 Å². The van der Waals surface area contributed by atoms with Gasteiger partial charge in [-0.25, -0.2) is 4.39 Å². The quantitative estimate of drug-likeness (QED) is 0.624. The summed E-state index contributed by atoms with van der Waals surface area (Å²) in [6.45, 7) is 13.0. The van der Waals surface area contributed by atoms with Gasteiger partial charge in [0.1, 0.15) is 5.82 Å². The fourth-order valence-corrected chi connectivity index (χ4v) is 4.27. The molecule has 0 saturated heterocycles. The molecule has 2 aromatic rings. The molecule has 1 aromatic heterocycles. The molecule has 0 bridgehead atoms. The van der Waals surface area contributed by atoms with Gasteiger partial charge in [-0.05, 0) is 49.1 Å². The first-order valence-electron chi connectivity index (χ1n) is 11.1. The minimum Gasteiger partial charge on any atom is -0.421 e. The number of nitrogens with zero attached hydrogens (tertiary/aromatic N) is 2. The monoisotopic (exact) mass is 427 g/mol. The molecule has 0 unspecified atom stereocenters. The predicted octanol–water partition coefficient (Wildman–Crippen LogP) is 5.44. The Morgan fingerprint density at radius 3 is 2.61 bits per heavy atom. The van der Waals surface area contributed by atoms with Gasteiger partial charge in [0.2, 0.25) is 11.8 Å². The van der Waals surface area contributed by atoms with Crippen molar-refractivity contribution in [2.45, 2.75) is 54.4 Å². The summed E-state index contributed by atoms with van der Waals surface area (Å²) >= 11 is 0. The molecule has 1 aromatic carbocycles. The first kappa shape index (κ1) is 23.2. The summed E-state index contributed by atoms with van der Waals surface area (Å²) in [7, 11) is 0. The Kier molecular flexibility index (Phi) is 6.97. The molecule has 31 heavy (non-hydrogen) atoms. The van der Waals surface area contributed by atoms with E-state index < -0.39 is 5.41 Å². The van der Waals surface area contributed by atoms with Gasteiger partial charge in [-0.2, -0.15) is 0 Å². The van der Waals surface area contributed by atoms with Crippen LogP contribution in [-0.2, 0) is 11.2 Å². The van der Waals surface area contributed by atoms with E-state index in [1.165, 1.54) is 11.6 Å². The van der Waals surface area contributed by atoms with Crippen molar-refractivity contribution in [3.8, 4) is 11.5 Å². The van der Waals surface area contributed by atoms with Crippen molar-refractivity contribution in [3.05, 3.63) is 47.6 Å². The van der Waals surface area contributed by atoms with Crippen molar-refractivity contribution < 1.29 is 13.6 Å². The Labute approximate surface area is 184 Å². The van der Waals surface area contributed by atoms with Crippen molar-refractivity contribution in [2.75, 3.05) is 6.54 Å². The van der Waals surface area contributed by atoms with E-state index in [4.69, 9.17) is 4.42 Å². The standard InChI is InChI=1S/C25H34FN3O2/c1-15(2)20-12-17(16(3)11-18(20)14-27-24(30)25(4,5)6)13-22-28-29-23(31-22)19-9-7-8-10-21(19)26/h7-11,15,17-18,20H,12-14H2,1-6H3,(H,27,30)/t17-,18-,20-/m0/s1. The van der Waals surface area contributed by atoms with Crippen molar-refractivity contribution >= 4 is 5.91 Å². The van der Waals surface area contributed by atoms with Crippen LogP contribution in [0.2, 0.25) is 0 Å². The maximum absolute atomic E-state index is 14.0. The molecule has 5 nitrogen and oxygen atoms in total. The molecule has 3 atom stereocenters. The highest BCUT2D eigenvalue weighted by molar-refractivity contribution is 5.81. The molecule has 0 spiro atoms. The van der Waals surface area contributed by atoms with Gasteiger partial charge in [0.05, 0.1) is 5.56 Å². The Hall–Kier alpha value is -2.50. The van der Waals surface area contributed by atoms with Gasteiger partial charge in [0.15, 0.2) is 0 Å². The second kappa shape index (κ2) is 9.33. The van der Waals surface area contributed by atoms with Crippen molar-refractivity contribution in [1.29, 1.82) is 0 Å². The van der Waals surface area contributed by atoms with Gasteiger partial charge in [0, 0.05) is 18.4 Å². The summed E-state index contributed by atoms with van der Waals surface area (Å²) in [6, 6.07) is 6.42. The molecular weight excluding hydrogens is 393 g/mol. The SMILES string of the molecule is CC1=C[C@@H](CNC(=O)C(C)(C)C)[C@H](C(C)C)C[C@H]1Cc1nnc(-c2ccccc2F)o1. The number of benzene rings is 1. The summed E-state index contributed by atoms with van der Waals surface area (Å²) in [5.74, 6) is 1.98. The third kappa shape index (κ3) is 5.60. The molecule has 0 aliphatic heterocycles. The van der Waals surface area contributed by atoms with Gasteiger partial charge in [-0.1, -0.05) is 58.4 Å². The molecule has 1 N–H and O–H groups in total. The molecular formula is C25H34FN3O2. The van der Waals surface area contributed by atoms with Gasteiger partial charge in [-0.3, -0.25) is 4.79 Å². The van der Waals surface area contributed by atoms with E-state index in [0.717, 1.165) is 6.42 Å². The molecule has 3 rings (SSSR count). The van der Waals surface area contributed by atoms with Crippen LogP contribution in [0.15, 0.2) is 40.3 Å². The van der Waals surface area contributed by atoms with Crippen LogP contribution >= 0.6 is 0 Å². The number of aromatic nitrogens is 2. The van der Waals surface area contributed by atoms with Crippen molar-refractivity contribution in [3.63, 3.8) is 0 Å². The number of rotatable bonds is 6. The first-order valence-corrected chi connectivity index (χ1v) is 11.1. The zero-order valence-corrected chi connectivity index (χ0v) is 19.4. The van der Waals surface area contributed by atoms with E-state index in [1.54, 1.807) is 18.2 Å². The third-order valence-corrected chi connectivity index (χ3v) is 6.26. The minimum atomic E-state index is -0.392. The second-order valence-electron chi connectivity index (χ2n) is 10.1. The Morgan fingerprint density at radius 1 is 1.26 bits per heavy atom. The number of hydrogen-bond donors (Lipinski definition) is 1. The van der Waals surface area contributed by atoms with E-state index in [9.17, 15) is 9.18 Å². The number of carbonyl (C=O) groups excluding carboxylic acids is 1. The maximum Gasteiger partial charge on any atom is 0.250 e. The number of amides is 1.